The van der Waals surface area contributed by atoms with E-state index in [4.69, 9.17) is 29.0 Å². The van der Waals surface area contributed by atoms with Gasteiger partial charge in [0.2, 0.25) is 5.95 Å². The van der Waals surface area contributed by atoms with Crippen molar-refractivity contribution < 1.29 is 23.7 Å². The van der Waals surface area contributed by atoms with E-state index in [1.54, 1.807) is 51.3 Å². The molecule has 1 aromatic heterocycles. The third-order valence-electron chi connectivity index (χ3n) is 6.47. The van der Waals surface area contributed by atoms with Crippen LogP contribution in [0.1, 0.15) is 18.5 Å². The molecular formula is C29H29N5O5. The Labute approximate surface area is 226 Å². The molecule has 0 aliphatic carbocycles. The Bertz CT molecular complexity index is 1540. The smallest absolute Gasteiger partial charge is 0.255 e. The maximum atomic E-state index is 13.8. The van der Waals surface area contributed by atoms with Crippen LogP contribution in [0.4, 0.5) is 11.6 Å². The van der Waals surface area contributed by atoms with E-state index >= 15 is 0 Å². The normalized spacial score (nSPS) is 14.2. The van der Waals surface area contributed by atoms with E-state index in [1.807, 2.05) is 55.5 Å². The molecule has 4 aromatic rings. The molecule has 10 heteroatoms. The van der Waals surface area contributed by atoms with Gasteiger partial charge in [-0.25, -0.2) is 4.68 Å². The molecule has 1 atom stereocenters. The van der Waals surface area contributed by atoms with E-state index in [0.717, 1.165) is 5.56 Å². The summed E-state index contributed by atoms with van der Waals surface area (Å²) in [7, 11) is 6.34. The highest BCUT2D eigenvalue weighted by Crippen LogP contribution is 2.39. The molecule has 1 amide bonds. The van der Waals surface area contributed by atoms with E-state index in [1.165, 1.54) is 0 Å². The van der Waals surface area contributed by atoms with Crippen molar-refractivity contribution in [2.75, 3.05) is 39.1 Å². The van der Waals surface area contributed by atoms with Crippen molar-refractivity contribution in [3.8, 4) is 34.4 Å². The molecule has 2 heterocycles. The fourth-order valence-corrected chi connectivity index (χ4v) is 4.56. The highest BCUT2D eigenvalue weighted by molar-refractivity contribution is 6.06. The second-order valence-electron chi connectivity index (χ2n) is 8.80. The predicted octanol–water partition coefficient (Wildman–Crippen LogP) is 4.91. The van der Waals surface area contributed by atoms with Gasteiger partial charge in [0.05, 0.1) is 39.7 Å². The highest BCUT2D eigenvalue weighted by Gasteiger charge is 2.35. The van der Waals surface area contributed by atoms with Gasteiger partial charge in [0, 0.05) is 17.3 Å². The van der Waals surface area contributed by atoms with Gasteiger partial charge < -0.3 is 29.6 Å². The number of amides is 1. The lowest BCUT2D eigenvalue weighted by Crippen LogP contribution is -2.31. The number of hydrogen-bond acceptors (Lipinski definition) is 8. The molecule has 0 saturated carbocycles. The predicted molar refractivity (Wildman–Crippen MR) is 148 cm³/mol. The van der Waals surface area contributed by atoms with Crippen LogP contribution in [0.25, 0.3) is 11.4 Å². The van der Waals surface area contributed by atoms with Crippen molar-refractivity contribution in [3.63, 3.8) is 0 Å². The Balaban J connectivity index is 1.62. The highest BCUT2D eigenvalue weighted by atomic mass is 16.5. The fraction of sp³-hybridized carbons (Fsp3) is 0.207. The van der Waals surface area contributed by atoms with Crippen molar-refractivity contribution in [3.05, 3.63) is 83.6 Å². The second-order valence-corrected chi connectivity index (χ2v) is 8.80. The number of ether oxygens (including phenoxy) is 4. The van der Waals surface area contributed by atoms with Gasteiger partial charge in [-0.15, -0.1) is 5.10 Å². The number of hydrogen-bond donors (Lipinski definition) is 2. The summed E-state index contributed by atoms with van der Waals surface area (Å²) in [6, 6.07) is 19.7. The first-order valence-electron chi connectivity index (χ1n) is 12.2. The van der Waals surface area contributed by atoms with Crippen LogP contribution < -0.4 is 29.6 Å². The number of carbonyl (C=O) groups is 1. The summed E-state index contributed by atoms with van der Waals surface area (Å²) < 4.78 is 23.5. The first-order chi connectivity index (χ1) is 18.9. The van der Waals surface area contributed by atoms with Crippen molar-refractivity contribution >= 4 is 17.5 Å². The quantitative estimate of drug-likeness (QED) is 0.333. The number of carbonyl (C=O) groups excluding carboxylic acids is 1. The van der Waals surface area contributed by atoms with Crippen molar-refractivity contribution in [2.24, 2.45) is 0 Å². The average molecular weight is 528 g/mol. The molecule has 0 spiro atoms. The van der Waals surface area contributed by atoms with Gasteiger partial charge in [0.1, 0.15) is 29.0 Å². The molecule has 1 unspecified atom stereocenters. The van der Waals surface area contributed by atoms with Crippen LogP contribution >= 0.6 is 0 Å². The monoisotopic (exact) mass is 527 g/mol. The number of allylic oxidation sites excluding steroid dienone is 1. The lowest BCUT2D eigenvalue weighted by Gasteiger charge is -2.29. The SMILES string of the molecule is COc1cc(OC)cc(-c2nc3n(n2)C(c2cccc(OC)c2)C(C(=O)Nc2ccccc2OC)=C(C)N3)c1. The van der Waals surface area contributed by atoms with Gasteiger partial charge in [-0.3, -0.25) is 4.79 Å². The molecule has 3 aromatic carbocycles. The molecule has 5 rings (SSSR count). The topological polar surface area (TPSA) is 109 Å². The first-order valence-corrected chi connectivity index (χ1v) is 12.2. The first kappa shape index (κ1) is 25.7. The van der Waals surface area contributed by atoms with E-state index in [2.05, 4.69) is 10.6 Å². The van der Waals surface area contributed by atoms with Crippen LogP contribution in [0, 0.1) is 0 Å². The Morgan fingerprint density at radius 3 is 2.28 bits per heavy atom. The number of methoxy groups -OCH3 is 4. The molecule has 0 radical (unpaired) electrons. The summed E-state index contributed by atoms with van der Waals surface area (Å²) in [4.78, 5) is 18.6. The number of nitrogens with one attached hydrogen (secondary N) is 2. The molecule has 0 bridgehead atoms. The zero-order valence-corrected chi connectivity index (χ0v) is 22.3. The van der Waals surface area contributed by atoms with Crippen LogP contribution in [0.2, 0.25) is 0 Å². The van der Waals surface area contributed by atoms with Crippen LogP contribution in [-0.4, -0.2) is 49.1 Å². The summed E-state index contributed by atoms with van der Waals surface area (Å²) in [5.74, 6) is 3.08. The summed E-state index contributed by atoms with van der Waals surface area (Å²) >= 11 is 0. The van der Waals surface area contributed by atoms with Crippen molar-refractivity contribution in [2.45, 2.75) is 13.0 Å². The number of aromatic nitrogens is 3. The number of para-hydroxylation sites is 2. The molecule has 1 aliphatic heterocycles. The van der Waals surface area contributed by atoms with Crippen LogP contribution in [-0.2, 0) is 4.79 Å². The van der Waals surface area contributed by atoms with Crippen LogP contribution in [0.3, 0.4) is 0 Å². The lowest BCUT2D eigenvalue weighted by atomic mass is 9.95. The molecule has 0 saturated heterocycles. The lowest BCUT2D eigenvalue weighted by molar-refractivity contribution is -0.113. The minimum Gasteiger partial charge on any atom is -0.497 e. The van der Waals surface area contributed by atoms with Crippen molar-refractivity contribution in [1.29, 1.82) is 0 Å². The van der Waals surface area contributed by atoms with Crippen molar-refractivity contribution in [1.82, 2.24) is 14.8 Å². The number of benzene rings is 3. The molecule has 10 nitrogen and oxygen atoms in total. The molecule has 39 heavy (non-hydrogen) atoms. The maximum absolute atomic E-state index is 13.8. The minimum atomic E-state index is -0.597. The third-order valence-corrected chi connectivity index (χ3v) is 6.47. The molecule has 200 valence electrons. The Hall–Kier alpha value is -4.99. The van der Waals surface area contributed by atoms with Crippen LogP contribution in [0.15, 0.2) is 78.0 Å². The number of fused-ring (bicyclic) bond motifs is 1. The number of nitrogens with zero attached hydrogens (tertiary/aromatic N) is 3. The third kappa shape index (κ3) is 4.96. The zero-order valence-electron chi connectivity index (χ0n) is 22.3. The fourth-order valence-electron chi connectivity index (χ4n) is 4.56. The zero-order chi connectivity index (χ0) is 27.5. The summed E-state index contributed by atoms with van der Waals surface area (Å²) in [6.45, 7) is 1.84. The maximum Gasteiger partial charge on any atom is 0.255 e. The van der Waals surface area contributed by atoms with E-state index < -0.39 is 6.04 Å². The van der Waals surface area contributed by atoms with Gasteiger partial charge in [-0.2, -0.15) is 4.98 Å². The standard InChI is InChI=1S/C29H29N5O5/c1-17-25(28(35)31-23-11-6-7-12-24(23)39-5)26(18-9-8-10-20(13-18)36-2)34-29(30-17)32-27(33-34)19-14-21(37-3)16-22(15-19)38-4/h6-16,26H,1-5H3,(H,31,35)(H,30,32,33). The van der Waals surface area contributed by atoms with Gasteiger partial charge in [-0.05, 0) is 48.9 Å². The van der Waals surface area contributed by atoms with E-state index in [9.17, 15) is 4.79 Å². The number of anilines is 2. The Morgan fingerprint density at radius 2 is 1.59 bits per heavy atom. The summed E-state index contributed by atoms with van der Waals surface area (Å²) in [5, 5.41) is 11.1. The van der Waals surface area contributed by atoms with E-state index in [0.29, 0.717) is 57.3 Å². The number of rotatable bonds is 8. The largest absolute Gasteiger partial charge is 0.497 e. The second kappa shape index (κ2) is 10.8. The van der Waals surface area contributed by atoms with Gasteiger partial charge in [0.15, 0.2) is 5.82 Å². The van der Waals surface area contributed by atoms with Gasteiger partial charge in [-0.1, -0.05) is 24.3 Å². The summed E-state index contributed by atoms with van der Waals surface area (Å²) in [5.41, 5.74) is 3.19. The van der Waals surface area contributed by atoms with E-state index in [-0.39, 0.29) is 5.91 Å². The Morgan fingerprint density at radius 1 is 0.872 bits per heavy atom. The molecule has 0 fully saturated rings. The minimum absolute atomic E-state index is 0.303. The molecule has 1 aliphatic rings. The van der Waals surface area contributed by atoms with Crippen LogP contribution in [0.5, 0.6) is 23.0 Å². The Kier molecular flexibility index (Phi) is 7.09. The van der Waals surface area contributed by atoms with Gasteiger partial charge in [0.25, 0.3) is 5.91 Å². The molecular weight excluding hydrogens is 498 g/mol. The summed E-state index contributed by atoms with van der Waals surface area (Å²) in [6.07, 6.45) is 0. The molecule has 2 N–H and O–H groups in total. The average Bonchev–Trinajstić information content (AvgIpc) is 3.40. The van der Waals surface area contributed by atoms with Gasteiger partial charge >= 0.3 is 0 Å².